The van der Waals surface area contributed by atoms with Crippen molar-refractivity contribution in [2.75, 3.05) is 0 Å². The number of nitrogens with zero attached hydrogens (tertiary/aromatic N) is 1. The first kappa shape index (κ1) is 19.5. The molecule has 0 fully saturated rings. The highest BCUT2D eigenvalue weighted by Gasteiger charge is 2.22. The molecule has 0 bridgehead atoms. The first-order valence-corrected chi connectivity index (χ1v) is 9.68. The van der Waals surface area contributed by atoms with Gasteiger partial charge in [0, 0.05) is 23.6 Å². The molecule has 150 valence electrons. The molecule has 0 saturated carbocycles. The smallest absolute Gasteiger partial charge is 0.345 e. The fraction of sp³-hybridized carbons (Fsp3) is 0.120. The number of carboxylic acids is 1. The summed E-state index contributed by atoms with van der Waals surface area (Å²) in [5.41, 5.74) is 2.65. The lowest BCUT2D eigenvalue weighted by Gasteiger charge is -2.17. The van der Waals surface area contributed by atoms with Gasteiger partial charge in [-0.15, -0.1) is 0 Å². The normalized spacial score (nSPS) is 11.7. The summed E-state index contributed by atoms with van der Waals surface area (Å²) in [4.78, 5) is 16.2. The molecule has 3 aromatic carbocycles. The Hall–Kier alpha value is -3.86. The Morgan fingerprint density at radius 2 is 1.67 bits per heavy atom. The van der Waals surface area contributed by atoms with Gasteiger partial charge in [0.15, 0.2) is 6.10 Å². The van der Waals surface area contributed by atoms with Gasteiger partial charge in [0.05, 0.1) is 5.52 Å². The van der Waals surface area contributed by atoms with Gasteiger partial charge in [-0.05, 0) is 35.9 Å². The topological polar surface area (TPSA) is 68.7 Å². The summed E-state index contributed by atoms with van der Waals surface area (Å²) in [7, 11) is 0. The quantitative estimate of drug-likeness (QED) is 0.457. The number of fused-ring (bicyclic) bond motifs is 1. The van der Waals surface area contributed by atoms with Crippen molar-refractivity contribution in [3.63, 3.8) is 0 Å². The lowest BCUT2D eigenvalue weighted by Crippen LogP contribution is -2.29. The number of pyridine rings is 1. The highest BCUT2D eigenvalue weighted by Crippen LogP contribution is 2.23. The van der Waals surface area contributed by atoms with Crippen LogP contribution in [0.2, 0.25) is 0 Å². The van der Waals surface area contributed by atoms with Crippen molar-refractivity contribution in [2.24, 2.45) is 0 Å². The molecule has 1 heterocycles. The molecular weight excluding hydrogens is 378 g/mol. The highest BCUT2D eigenvalue weighted by molar-refractivity contribution is 5.78. The SMILES string of the molecule is O=C(O)C(Cc1ccccc1OCc1cnc2ccccc2c1)Oc1ccccc1. The maximum atomic E-state index is 11.7. The maximum Gasteiger partial charge on any atom is 0.345 e. The van der Waals surface area contributed by atoms with Crippen LogP contribution in [0.15, 0.2) is 91.1 Å². The zero-order chi connectivity index (χ0) is 20.8. The van der Waals surface area contributed by atoms with Crippen LogP contribution in [0.5, 0.6) is 11.5 Å². The molecule has 0 spiro atoms. The molecule has 1 unspecified atom stereocenters. The average Bonchev–Trinajstić information content (AvgIpc) is 2.78. The fourth-order valence-electron chi connectivity index (χ4n) is 3.21. The zero-order valence-electron chi connectivity index (χ0n) is 16.3. The number of rotatable bonds is 8. The number of aliphatic carboxylic acids is 1. The molecular formula is C25H21NO4. The summed E-state index contributed by atoms with van der Waals surface area (Å²) in [6.45, 7) is 0.339. The summed E-state index contributed by atoms with van der Waals surface area (Å²) in [5, 5.41) is 10.7. The zero-order valence-corrected chi connectivity index (χ0v) is 16.3. The van der Waals surface area contributed by atoms with Crippen LogP contribution < -0.4 is 9.47 Å². The van der Waals surface area contributed by atoms with E-state index in [1.165, 1.54) is 0 Å². The van der Waals surface area contributed by atoms with Crippen LogP contribution in [0.4, 0.5) is 0 Å². The van der Waals surface area contributed by atoms with E-state index >= 15 is 0 Å². The van der Waals surface area contributed by atoms with E-state index in [0.717, 1.165) is 22.0 Å². The van der Waals surface area contributed by atoms with Crippen LogP contribution in [-0.4, -0.2) is 22.2 Å². The minimum atomic E-state index is -1.02. The minimum absolute atomic E-state index is 0.191. The Balaban J connectivity index is 1.49. The van der Waals surface area contributed by atoms with Crippen LogP contribution in [0.25, 0.3) is 10.9 Å². The fourth-order valence-corrected chi connectivity index (χ4v) is 3.21. The highest BCUT2D eigenvalue weighted by atomic mass is 16.5. The Morgan fingerprint density at radius 3 is 2.50 bits per heavy atom. The molecule has 5 heteroatoms. The van der Waals surface area contributed by atoms with Gasteiger partial charge in [0.25, 0.3) is 0 Å². The van der Waals surface area contributed by atoms with Crippen molar-refractivity contribution in [1.82, 2.24) is 4.98 Å². The van der Waals surface area contributed by atoms with Crippen molar-refractivity contribution >= 4 is 16.9 Å². The number of para-hydroxylation sites is 3. The van der Waals surface area contributed by atoms with Gasteiger partial charge in [-0.2, -0.15) is 0 Å². The van der Waals surface area contributed by atoms with Gasteiger partial charge in [0.1, 0.15) is 18.1 Å². The van der Waals surface area contributed by atoms with Crippen LogP contribution >= 0.6 is 0 Å². The lowest BCUT2D eigenvalue weighted by atomic mass is 10.1. The van der Waals surface area contributed by atoms with Gasteiger partial charge in [0.2, 0.25) is 0 Å². The maximum absolute atomic E-state index is 11.7. The first-order chi connectivity index (χ1) is 14.7. The van der Waals surface area contributed by atoms with Crippen molar-refractivity contribution in [3.8, 4) is 11.5 Å². The first-order valence-electron chi connectivity index (χ1n) is 9.68. The van der Waals surface area contributed by atoms with E-state index in [-0.39, 0.29) is 6.42 Å². The van der Waals surface area contributed by atoms with E-state index in [4.69, 9.17) is 9.47 Å². The minimum Gasteiger partial charge on any atom is -0.489 e. The Labute approximate surface area is 174 Å². The van der Waals surface area contributed by atoms with Crippen molar-refractivity contribution < 1.29 is 19.4 Å². The summed E-state index contributed by atoms with van der Waals surface area (Å²) in [5.74, 6) is 0.131. The Kier molecular flexibility index (Phi) is 5.90. The molecule has 0 amide bonds. The van der Waals surface area contributed by atoms with E-state index in [0.29, 0.717) is 18.1 Å². The molecule has 30 heavy (non-hydrogen) atoms. The Morgan fingerprint density at radius 1 is 0.933 bits per heavy atom. The third kappa shape index (κ3) is 4.75. The predicted molar refractivity (Wildman–Crippen MR) is 115 cm³/mol. The van der Waals surface area contributed by atoms with Gasteiger partial charge in [-0.25, -0.2) is 4.79 Å². The second-order valence-corrected chi connectivity index (χ2v) is 6.89. The molecule has 1 aromatic heterocycles. The van der Waals surface area contributed by atoms with Crippen molar-refractivity contribution in [3.05, 3.63) is 102 Å². The standard InChI is InChI=1S/C25H21NO4/c27-25(28)24(30-21-10-2-1-3-11-21)15-20-9-5-7-13-23(20)29-17-18-14-19-8-4-6-12-22(19)26-16-18/h1-14,16,24H,15,17H2,(H,27,28). The molecule has 1 atom stereocenters. The number of carboxylic acid groups (broad SMARTS) is 1. The summed E-state index contributed by atoms with van der Waals surface area (Å²) >= 11 is 0. The molecule has 1 N–H and O–H groups in total. The van der Waals surface area contributed by atoms with Crippen LogP contribution in [0, 0.1) is 0 Å². The molecule has 0 aliphatic rings. The van der Waals surface area contributed by atoms with E-state index < -0.39 is 12.1 Å². The van der Waals surface area contributed by atoms with Gasteiger partial charge in [-0.1, -0.05) is 54.6 Å². The third-order valence-electron chi connectivity index (χ3n) is 4.72. The molecule has 5 nitrogen and oxygen atoms in total. The Bertz CT molecular complexity index is 1140. The average molecular weight is 399 g/mol. The second-order valence-electron chi connectivity index (χ2n) is 6.89. The number of carbonyl (C=O) groups is 1. The van der Waals surface area contributed by atoms with E-state index in [9.17, 15) is 9.90 Å². The van der Waals surface area contributed by atoms with Gasteiger partial charge in [-0.3, -0.25) is 4.98 Å². The van der Waals surface area contributed by atoms with Gasteiger partial charge >= 0.3 is 5.97 Å². The van der Waals surface area contributed by atoms with E-state index in [1.54, 1.807) is 18.3 Å². The second kappa shape index (κ2) is 9.09. The molecule has 0 aliphatic carbocycles. The van der Waals surface area contributed by atoms with Gasteiger partial charge < -0.3 is 14.6 Å². The molecule has 0 radical (unpaired) electrons. The molecule has 4 aromatic rings. The summed E-state index contributed by atoms with van der Waals surface area (Å²) in [6.07, 6.45) is 0.972. The monoisotopic (exact) mass is 399 g/mol. The molecule has 0 saturated heterocycles. The number of ether oxygens (including phenoxy) is 2. The molecule has 4 rings (SSSR count). The predicted octanol–water partition coefficient (Wildman–Crippen LogP) is 4.89. The van der Waals surface area contributed by atoms with E-state index in [2.05, 4.69) is 4.98 Å². The van der Waals surface area contributed by atoms with Crippen molar-refractivity contribution in [2.45, 2.75) is 19.1 Å². The van der Waals surface area contributed by atoms with E-state index in [1.807, 2.05) is 72.8 Å². The summed E-state index contributed by atoms with van der Waals surface area (Å²) in [6, 6.07) is 26.3. The number of benzene rings is 3. The largest absolute Gasteiger partial charge is 0.489 e. The van der Waals surface area contributed by atoms with Crippen molar-refractivity contribution in [1.29, 1.82) is 0 Å². The third-order valence-corrected chi connectivity index (χ3v) is 4.72. The van der Waals surface area contributed by atoms with Crippen LogP contribution in [0.3, 0.4) is 0 Å². The number of hydrogen-bond donors (Lipinski definition) is 1. The lowest BCUT2D eigenvalue weighted by molar-refractivity contribution is -0.145. The molecule has 0 aliphatic heterocycles. The summed E-state index contributed by atoms with van der Waals surface area (Å²) < 4.78 is 11.7. The van der Waals surface area contributed by atoms with Crippen LogP contribution in [-0.2, 0) is 17.8 Å². The number of hydrogen-bond acceptors (Lipinski definition) is 4. The number of aromatic nitrogens is 1. The van der Waals surface area contributed by atoms with Crippen LogP contribution in [0.1, 0.15) is 11.1 Å².